The van der Waals surface area contributed by atoms with E-state index in [1.807, 2.05) is 45.0 Å². The number of nitrogens with one attached hydrogen (secondary N) is 3. The first-order valence-electron chi connectivity index (χ1n) is 24.3. The molecule has 0 bridgehead atoms. The van der Waals surface area contributed by atoms with Crippen molar-refractivity contribution >= 4 is 83.3 Å². The summed E-state index contributed by atoms with van der Waals surface area (Å²) in [5, 5.41) is 14.9. The zero-order valence-electron chi connectivity index (χ0n) is 42.7. The third kappa shape index (κ3) is 11.3. The highest BCUT2D eigenvalue weighted by Gasteiger charge is 2.22. The average molecular weight is 981 g/mol. The van der Waals surface area contributed by atoms with Crippen LogP contribution >= 0.6 is 0 Å². The minimum absolute atomic E-state index is 0.00320. The summed E-state index contributed by atoms with van der Waals surface area (Å²) in [5.41, 5.74) is 11.1. The third-order valence-corrected chi connectivity index (χ3v) is 12.5. The van der Waals surface area contributed by atoms with Crippen LogP contribution in [0.15, 0.2) is 79.3 Å². The van der Waals surface area contributed by atoms with Crippen LogP contribution in [0.5, 0.6) is 0 Å². The molecule has 0 aliphatic carbocycles. The molecule has 6 heterocycles. The number of rotatable bonds is 17. The largest absolute Gasteiger partial charge is 0.477 e. The summed E-state index contributed by atoms with van der Waals surface area (Å²) in [6.07, 6.45) is 6.92. The molecule has 0 spiro atoms. The first kappa shape index (κ1) is 52.6. The number of aromatic carboxylic acids is 1. The fourth-order valence-electron chi connectivity index (χ4n) is 8.73. The van der Waals surface area contributed by atoms with Gasteiger partial charge in [-0.05, 0) is 119 Å². The molecule has 72 heavy (non-hydrogen) atoms. The van der Waals surface area contributed by atoms with Crippen molar-refractivity contribution < 1.29 is 47.9 Å². The minimum Gasteiger partial charge on any atom is -0.477 e. The summed E-state index contributed by atoms with van der Waals surface area (Å²) in [4.78, 5) is 58.1. The number of esters is 2. The first-order valence-corrected chi connectivity index (χ1v) is 24.3. The second-order valence-electron chi connectivity index (χ2n) is 17.4. The number of carbonyl (C=O) groups excluding carboxylic acids is 2. The number of aryl methyl sites for hydroxylation is 1. The van der Waals surface area contributed by atoms with Gasteiger partial charge in [-0.15, -0.1) is 0 Å². The Morgan fingerprint density at radius 1 is 0.569 bits per heavy atom. The second-order valence-corrected chi connectivity index (χ2v) is 17.4. The van der Waals surface area contributed by atoms with Crippen molar-refractivity contribution in [3.05, 3.63) is 124 Å². The molecule has 0 saturated heterocycles. The summed E-state index contributed by atoms with van der Waals surface area (Å²) in [6, 6.07) is 20.1. The Kier molecular flexibility index (Phi) is 17.4. The van der Waals surface area contributed by atoms with Gasteiger partial charge in [-0.3, -0.25) is 0 Å². The van der Waals surface area contributed by atoms with Gasteiger partial charge in [0.15, 0.2) is 11.4 Å². The normalized spacial score (nSPS) is 12.7. The van der Waals surface area contributed by atoms with Gasteiger partial charge in [-0.1, -0.05) is 32.0 Å². The Morgan fingerprint density at radius 2 is 1.03 bits per heavy atom. The lowest BCUT2D eigenvalue weighted by molar-refractivity contribution is 0.0507. The zero-order chi connectivity index (χ0) is 51.6. The topological polar surface area (TPSA) is 213 Å². The second kappa shape index (κ2) is 23.8. The molecule has 3 atom stereocenters. The number of benzene rings is 3. The molecule has 4 N–H and O–H groups in total. The van der Waals surface area contributed by atoms with Crippen LogP contribution in [0.1, 0.15) is 139 Å². The number of H-pyrrole nitrogens is 3. The Morgan fingerprint density at radius 3 is 1.56 bits per heavy atom. The fraction of sp³-hybridized carbons (Fsp3) is 0.357. The van der Waals surface area contributed by atoms with Crippen molar-refractivity contribution in [3.63, 3.8) is 0 Å². The number of methoxy groups -OCH3 is 2. The van der Waals surface area contributed by atoms with Crippen molar-refractivity contribution in [2.45, 2.75) is 93.2 Å². The van der Waals surface area contributed by atoms with Gasteiger partial charge < -0.3 is 48.5 Å². The Hall–Kier alpha value is -7.24. The predicted molar refractivity (Wildman–Crippen MR) is 280 cm³/mol. The van der Waals surface area contributed by atoms with Gasteiger partial charge in [-0.2, -0.15) is 0 Å². The number of ether oxygens (including phenoxy) is 6. The van der Waals surface area contributed by atoms with Crippen LogP contribution in [0.25, 0.3) is 65.4 Å². The monoisotopic (exact) mass is 980 g/mol. The summed E-state index contributed by atoms with van der Waals surface area (Å²) >= 11 is 0. The van der Waals surface area contributed by atoms with Crippen molar-refractivity contribution in [3.8, 4) is 0 Å². The summed E-state index contributed by atoms with van der Waals surface area (Å²) in [6.45, 7) is 18.1. The quantitative estimate of drug-likeness (QED) is 0.0626. The molecule has 9 aromatic rings. The van der Waals surface area contributed by atoms with E-state index in [9.17, 15) is 14.4 Å². The van der Waals surface area contributed by atoms with Crippen molar-refractivity contribution in [2.75, 3.05) is 40.6 Å². The molecule has 0 amide bonds. The molecule has 16 heteroatoms. The molecular formula is C56H64N6O10. The molecule has 16 nitrogen and oxygen atoms in total. The van der Waals surface area contributed by atoms with Crippen LogP contribution in [-0.2, 0) is 35.0 Å². The number of aromatic nitrogens is 6. The Labute approximate surface area is 417 Å². The molecule has 3 unspecified atom stereocenters. The van der Waals surface area contributed by atoms with E-state index in [0.717, 1.165) is 119 Å². The molecule has 0 radical (unpaired) electrons. The predicted octanol–water partition coefficient (Wildman–Crippen LogP) is 12.3. The number of carbonyl (C=O) groups is 3. The summed E-state index contributed by atoms with van der Waals surface area (Å²) < 4.78 is 32.7. The Bertz CT molecular complexity index is 3370. The lowest BCUT2D eigenvalue weighted by Gasteiger charge is -2.13. The zero-order valence-corrected chi connectivity index (χ0v) is 42.7. The highest BCUT2D eigenvalue weighted by molar-refractivity contribution is 6.13. The molecule has 0 aliphatic heterocycles. The number of carboxylic acid groups (broad SMARTS) is 1. The maximum atomic E-state index is 12.4. The van der Waals surface area contributed by atoms with Gasteiger partial charge >= 0.3 is 17.9 Å². The van der Waals surface area contributed by atoms with Gasteiger partial charge in [0.25, 0.3) is 0 Å². The number of pyridine rings is 3. The lowest BCUT2D eigenvalue weighted by Crippen LogP contribution is -2.11. The molecule has 378 valence electrons. The van der Waals surface area contributed by atoms with Gasteiger partial charge in [-0.25, -0.2) is 29.3 Å². The van der Waals surface area contributed by atoms with Crippen LogP contribution in [0.3, 0.4) is 0 Å². The van der Waals surface area contributed by atoms with Crippen LogP contribution in [0, 0.1) is 6.92 Å². The van der Waals surface area contributed by atoms with E-state index in [4.69, 9.17) is 33.5 Å². The first-order chi connectivity index (χ1) is 34.8. The number of carboxylic acids is 1. The van der Waals surface area contributed by atoms with Gasteiger partial charge in [0.05, 0.1) is 73.3 Å². The van der Waals surface area contributed by atoms with E-state index in [2.05, 4.69) is 81.0 Å². The van der Waals surface area contributed by atoms with Gasteiger partial charge in [0.2, 0.25) is 0 Å². The molecular weight excluding hydrogens is 917 g/mol. The smallest absolute Gasteiger partial charge is 0.357 e. The van der Waals surface area contributed by atoms with E-state index < -0.39 is 11.9 Å². The van der Waals surface area contributed by atoms with Crippen LogP contribution in [-0.4, -0.2) is 93.6 Å². The molecule has 0 aliphatic rings. The number of hydrogen-bond acceptors (Lipinski definition) is 12. The maximum absolute atomic E-state index is 12.4. The van der Waals surface area contributed by atoms with E-state index in [-0.39, 0.29) is 36.6 Å². The molecule has 6 aromatic heterocycles. The van der Waals surface area contributed by atoms with E-state index in [1.54, 1.807) is 52.7 Å². The van der Waals surface area contributed by atoms with E-state index in [0.29, 0.717) is 24.6 Å². The van der Waals surface area contributed by atoms with E-state index >= 15 is 0 Å². The SMILES string of the molecule is CCCOC(C)c1ccc2[nH]c3cnc(C(=O)OCC)c(C)c3c2c1.CCCOC(C)c1ccc2[nH]c3cnc(C(=O)OCC)c(COC)c3c2c1.COC(C)c1ccc2[nH]c3cnc(C(=O)O)cc3c2c1. The molecule has 0 saturated carbocycles. The maximum Gasteiger partial charge on any atom is 0.357 e. The number of aromatic amines is 3. The van der Waals surface area contributed by atoms with Gasteiger partial charge in [0.1, 0.15) is 5.69 Å². The summed E-state index contributed by atoms with van der Waals surface area (Å²) in [5.74, 6) is -1.84. The third-order valence-electron chi connectivity index (χ3n) is 12.5. The number of hydrogen-bond donors (Lipinski definition) is 4. The highest BCUT2D eigenvalue weighted by Crippen LogP contribution is 2.35. The highest BCUT2D eigenvalue weighted by atomic mass is 16.5. The van der Waals surface area contributed by atoms with Crippen molar-refractivity contribution in [1.29, 1.82) is 0 Å². The Balaban J connectivity index is 0.000000160. The van der Waals surface area contributed by atoms with Crippen LogP contribution in [0.2, 0.25) is 0 Å². The minimum atomic E-state index is -1.03. The molecule has 9 rings (SSSR count). The van der Waals surface area contributed by atoms with E-state index in [1.165, 1.54) is 0 Å². The molecule has 0 fully saturated rings. The number of fused-ring (bicyclic) bond motifs is 9. The fourth-order valence-corrected chi connectivity index (χ4v) is 8.73. The van der Waals surface area contributed by atoms with Crippen LogP contribution in [0.4, 0.5) is 0 Å². The molecule has 3 aromatic carbocycles. The van der Waals surface area contributed by atoms with Gasteiger partial charge in [0, 0.05) is 81.9 Å². The standard InChI is InChI=1S/C21H26N2O4.C20H24N2O3.C15H14N2O3/c1-5-9-27-13(3)14-7-8-17-15(10-14)19-16(12-25-4)20(21(24)26-6-2)22-11-18(19)23-17;1-5-9-25-13(4)14-7-8-16-15(10-14)18-12(3)19(20(23)24-6-2)21-11-17(18)22-16;1-8(20-2)9-3-4-12-10(5-9)11-6-13(15(18)19)16-7-14(11)17-12/h7-8,10-11,13,23H,5-6,9,12H2,1-4H3;7-8,10-11,13,22H,5-6,9H2,1-4H3;3-8,17H,1-2H3,(H,18,19). The van der Waals surface area contributed by atoms with Crippen molar-refractivity contribution in [2.24, 2.45) is 0 Å². The van der Waals surface area contributed by atoms with Crippen LogP contribution < -0.4 is 0 Å². The van der Waals surface area contributed by atoms with Crippen molar-refractivity contribution in [1.82, 2.24) is 29.9 Å². The summed E-state index contributed by atoms with van der Waals surface area (Å²) in [7, 11) is 3.27. The number of nitrogens with zero attached hydrogens (tertiary/aromatic N) is 3. The average Bonchev–Trinajstić information content (AvgIpc) is 4.08. The lowest BCUT2D eigenvalue weighted by atomic mass is 10.0.